The van der Waals surface area contributed by atoms with Crippen molar-refractivity contribution in [3.63, 3.8) is 0 Å². The van der Waals surface area contributed by atoms with Crippen LogP contribution in [0.2, 0.25) is 0 Å². The molecule has 2 unspecified atom stereocenters. The number of nitrogens with zero attached hydrogens (tertiary/aromatic N) is 1. The van der Waals surface area contributed by atoms with Gasteiger partial charge in [-0.2, -0.15) is 4.31 Å². The number of benzene rings is 2. The first-order valence-corrected chi connectivity index (χ1v) is 11.4. The number of anilines is 1. The molecule has 0 radical (unpaired) electrons. The maximum absolute atomic E-state index is 13.1. The summed E-state index contributed by atoms with van der Waals surface area (Å²) in [4.78, 5) is 24.8. The van der Waals surface area contributed by atoms with Crippen molar-refractivity contribution >= 4 is 27.6 Å². The van der Waals surface area contributed by atoms with Crippen LogP contribution in [0.5, 0.6) is 5.75 Å². The number of β-amino-alcohol motifs (C(OH)–C–C–N with tert-alkyl or cyclic N) is 1. The highest BCUT2D eigenvalue weighted by Gasteiger charge is 2.44. The number of nitrogens with one attached hydrogen (secondary N) is 1. The Morgan fingerprint density at radius 1 is 1.16 bits per heavy atom. The lowest BCUT2D eigenvalue weighted by Crippen LogP contribution is -2.42. The fraction of sp³-hybridized carbons (Fsp3) is 0.364. The molecule has 32 heavy (non-hydrogen) atoms. The molecule has 0 spiro atoms. The number of sulfonamides is 1. The Hall–Kier alpha value is -2.95. The number of esters is 1. The van der Waals surface area contributed by atoms with Gasteiger partial charge in [-0.05, 0) is 49.2 Å². The smallest absolute Gasteiger partial charge is 0.325 e. The number of methoxy groups -OCH3 is 1. The zero-order chi connectivity index (χ0) is 23.5. The van der Waals surface area contributed by atoms with E-state index in [1.165, 1.54) is 19.2 Å². The summed E-state index contributed by atoms with van der Waals surface area (Å²) in [5.74, 6) is -0.935. The normalized spacial score (nSPS) is 18.9. The topological polar surface area (TPSA) is 122 Å². The van der Waals surface area contributed by atoms with E-state index in [1.54, 1.807) is 37.3 Å². The number of carbonyl (C=O) groups is 2. The van der Waals surface area contributed by atoms with Gasteiger partial charge in [0.05, 0.1) is 18.1 Å². The summed E-state index contributed by atoms with van der Waals surface area (Å²) in [7, 11) is -2.55. The van der Waals surface area contributed by atoms with Crippen molar-refractivity contribution in [3.05, 3.63) is 53.6 Å². The van der Waals surface area contributed by atoms with E-state index in [2.05, 4.69) is 5.32 Å². The minimum Gasteiger partial charge on any atom is -0.497 e. The quantitative estimate of drug-likeness (QED) is 0.600. The van der Waals surface area contributed by atoms with E-state index in [0.29, 0.717) is 11.4 Å². The molecule has 1 fully saturated rings. The van der Waals surface area contributed by atoms with Crippen molar-refractivity contribution in [1.29, 1.82) is 0 Å². The van der Waals surface area contributed by atoms with Crippen molar-refractivity contribution in [2.75, 3.05) is 25.6 Å². The number of aryl methyl sites for hydroxylation is 2. The number of aliphatic hydroxyl groups is 1. The molecule has 1 aliphatic rings. The molecule has 1 aliphatic heterocycles. The van der Waals surface area contributed by atoms with Crippen LogP contribution in [0.4, 0.5) is 5.69 Å². The Morgan fingerprint density at radius 3 is 2.59 bits per heavy atom. The van der Waals surface area contributed by atoms with Crippen molar-refractivity contribution < 1.29 is 32.6 Å². The van der Waals surface area contributed by atoms with Crippen LogP contribution in [-0.2, 0) is 24.3 Å². The monoisotopic (exact) mass is 462 g/mol. The average Bonchev–Trinajstić information content (AvgIpc) is 3.16. The number of hydrogen-bond acceptors (Lipinski definition) is 7. The summed E-state index contributed by atoms with van der Waals surface area (Å²) in [6.07, 6.45) is -1.13. The summed E-state index contributed by atoms with van der Waals surface area (Å²) in [6.45, 7) is 2.83. The molecule has 0 aromatic heterocycles. The SMILES string of the molecule is COc1cccc(NC(=O)COC(=O)C2CC(O)CN2S(=O)(=O)c2ccc(C)c(C)c2)c1. The second-order valence-electron chi connectivity index (χ2n) is 7.61. The van der Waals surface area contributed by atoms with Gasteiger partial charge in [-0.15, -0.1) is 0 Å². The van der Waals surface area contributed by atoms with Crippen LogP contribution < -0.4 is 10.1 Å². The van der Waals surface area contributed by atoms with Gasteiger partial charge in [-0.1, -0.05) is 12.1 Å². The minimum absolute atomic E-state index is 0.0308. The predicted octanol–water partition coefficient (Wildman–Crippen LogP) is 1.62. The lowest BCUT2D eigenvalue weighted by atomic mass is 10.1. The van der Waals surface area contributed by atoms with Crippen molar-refractivity contribution in [2.24, 2.45) is 0 Å². The van der Waals surface area contributed by atoms with Gasteiger partial charge in [-0.25, -0.2) is 8.42 Å². The minimum atomic E-state index is -4.04. The molecule has 1 saturated heterocycles. The van der Waals surface area contributed by atoms with E-state index in [-0.39, 0.29) is 17.9 Å². The lowest BCUT2D eigenvalue weighted by Gasteiger charge is -2.22. The second-order valence-corrected chi connectivity index (χ2v) is 9.50. The summed E-state index contributed by atoms with van der Waals surface area (Å²) < 4.78 is 37.3. The fourth-order valence-electron chi connectivity index (χ4n) is 3.40. The van der Waals surface area contributed by atoms with E-state index >= 15 is 0 Å². The van der Waals surface area contributed by atoms with E-state index in [9.17, 15) is 23.1 Å². The van der Waals surface area contributed by atoms with Gasteiger partial charge < -0.3 is 19.9 Å². The van der Waals surface area contributed by atoms with Crippen LogP contribution in [0.25, 0.3) is 0 Å². The molecule has 9 nitrogen and oxygen atoms in total. The first kappa shape index (κ1) is 23.7. The summed E-state index contributed by atoms with van der Waals surface area (Å²) in [6, 6.07) is 10.1. The van der Waals surface area contributed by atoms with Crippen LogP contribution >= 0.6 is 0 Å². The van der Waals surface area contributed by atoms with Crippen LogP contribution in [0, 0.1) is 13.8 Å². The maximum Gasteiger partial charge on any atom is 0.325 e. The van der Waals surface area contributed by atoms with E-state index < -0.39 is 40.7 Å². The van der Waals surface area contributed by atoms with Gasteiger partial charge in [0.2, 0.25) is 10.0 Å². The number of rotatable bonds is 7. The highest BCUT2D eigenvalue weighted by molar-refractivity contribution is 7.89. The average molecular weight is 463 g/mol. The molecule has 2 atom stereocenters. The number of amides is 1. The zero-order valence-corrected chi connectivity index (χ0v) is 18.9. The number of ether oxygens (including phenoxy) is 2. The third-order valence-corrected chi connectivity index (χ3v) is 7.16. The second kappa shape index (κ2) is 9.68. The predicted molar refractivity (Wildman–Crippen MR) is 117 cm³/mol. The Bertz CT molecular complexity index is 1120. The molecule has 3 rings (SSSR count). The Labute approximate surface area is 187 Å². The lowest BCUT2D eigenvalue weighted by molar-refractivity contribution is -0.150. The van der Waals surface area contributed by atoms with E-state index in [1.807, 2.05) is 6.92 Å². The van der Waals surface area contributed by atoms with E-state index in [4.69, 9.17) is 9.47 Å². The molecule has 0 aliphatic carbocycles. The van der Waals surface area contributed by atoms with Gasteiger partial charge in [0.15, 0.2) is 6.61 Å². The summed E-state index contributed by atoms with van der Waals surface area (Å²) >= 11 is 0. The molecule has 172 valence electrons. The molecule has 2 N–H and O–H groups in total. The Balaban J connectivity index is 1.68. The molecule has 2 aromatic carbocycles. The van der Waals surface area contributed by atoms with Gasteiger partial charge >= 0.3 is 5.97 Å². The maximum atomic E-state index is 13.1. The van der Waals surface area contributed by atoms with Crippen LogP contribution in [-0.4, -0.2) is 62.1 Å². The molecule has 2 aromatic rings. The van der Waals surface area contributed by atoms with Gasteiger partial charge in [-0.3, -0.25) is 9.59 Å². The molecule has 0 saturated carbocycles. The Kier molecular flexibility index (Phi) is 7.17. The van der Waals surface area contributed by atoms with Crippen LogP contribution in [0.1, 0.15) is 17.5 Å². The number of carbonyl (C=O) groups excluding carboxylic acids is 2. The number of hydrogen-bond donors (Lipinski definition) is 2. The summed E-state index contributed by atoms with van der Waals surface area (Å²) in [5, 5.41) is 12.6. The van der Waals surface area contributed by atoms with Crippen molar-refractivity contribution in [3.8, 4) is 5.75 Å². The van der Waals surface area contributed by atoms with Crippen molar-refractivity contribution in [1.82, 2.24) is 4.31 Å². The highest BCUT2D eigenvalue weighted by atomic mass is 32.2. The van der Waals surface area contributed by atoms with E-state index in [0.717, 1.165) is 15.4 Å². The van der Waals surface area contributed by atoms with Gasteiger partial charge in [0.25, 0.3) is 5.91 Å². The molecular formula is C22H26N2O7S. The third kappa shape index (κ3) is 5.26. The first-order valence-electron chi connectivity index (χ1n) is 9.99. The Morgan fingerprint density at radius 2 is 1.91 bits per heavy atom. The molecule has 1 heterocycles. The zero-order valence-electron chi connectivity index (χ0n) is 18.1. The molecule has 10 heteroatoms. The van der Waals surface area contributed by atoms with Crippen molar-refractivity contribution in [2.45, 2.75) is 37.3 Å². The summed E-state index contributed by atoms with van der Waals surface area (Å²) in [5.41, 5.74) is 2.18. The third-order valence-electron chi connectivity index (χ3n) is 5.29. The van der Waals surface area contributed by atoms with Gasteiger partial charge in [0.1, 0.15) is 11.8 Å². The standard InChI is InChI=1S/C22H26N2O7S/c1-14-7-8-19(9-15(14)2)32(28,29)24-12-17(25)11-20(24)22(27)31-13-21(26)23-16-5-4-6-18(10-16)30-3/h4-10,17,20,25H,11-13H2,1-3H3,(H,23,26). The fourth-order valence-corrected chi connectivity index (χ4v) is 5.12. The molecule has 1 amide bonds. The van der Waals surface area contributed by atoms with Gasteiger partial charge in [0, 0.05) is 24.7 Å². The first-order chi connectivity index (χ1) is 15.1. The van der Waals surface area contributed by atoms with Crippen LogP contribution in [0.15, 0.2) is 47.4 Å². The number of aliphatic hydroxyl groups excluding tert-OH is 1. The molecule has 0 bridgehead atoms. The highest BCUT2D eigenvalue weighted by Crippen LogP contribution is 2.28. The van der Waals surface area contributed by atoms with Crippen LogP contribution in [0.3, 0.4) is 0 Å². The largest absolute Gasteiger partial charge is 0.497 e. The molecular weight excluding hydrogens is 436 g/mol.